The number of carboxylic acid groups (broad SMARTS) is 1. The average molecular weight is 240 g/mol. The highest BCUT2D eigenvalue weighted by molar-refractivity contribution is 5.99. The summed E-state index contributed by atoms with van der Waals surface area (Å²) in [7, 11) is 0. The zero-order valence-electron chi connectivity index (χ0n) is 8.41. The third-order valence-corrected chi connectivity index (χ3v) is 1.86. The van der Waals surface area contributed by atoms with E-state index < -0.39 is 34.8 Å². The van der Waals surface area contributed by atoms with Gasteiger partial charge in [-0.2, -0.15) is 0 Å². The summed E-state index contributed by atoms with van der Waals surface area (Å²) in [5.41, 5.74) is -0.964. The number of benzene rings is 1. The van der Waals surface area contributed by atoms with Gasteiger partial charge in [-0.3, -0.25) is 19.7 Å². The number of aliphatic carboxylic acids is 1. The van der Waals surface area contributed by atoms with Gasteiger partial charge < -0.3 is 15.5 Å². The van der Waals surface area contributed by atoms with Crippen LogP contribution in [0.15, 0.2) is 18.2 Å². The Morgan fingerprint density at radius 2 is 2.06 bits per heavy atom. The maximum absolute atomic E-state index is 11.4. The lowest BCUT2D eigenvalue weighted by molar-refractivity contribution is -0.385. The molecule has 0 radical (unpaired) electrons. The fourth-order valence-corrected chi connectivity index (χ4v) is 1.11. The van der Waals surface area contributed by atoms with Gasteiger partial charge in [0.05, 0.1) is 10.5 Å². The van der Waals surface area contributed by atoms with Gasteiger partial charge in [0.2, 0.25) is 5.75 Å². The number of carboxylic acids is 1. The normalized spacial score (nSPS) is 9.65. The molecule has 0 fully saturated rings. The minimum absolute atomic E-state index is 0.347. The molecule has 0 aliphatic heterocycles. The summed E-state index contributed by atoms with van der Waals surface area (Å²) in [5.74, 6) is -2.95. The maximum atomic E-state index is 11.4. The van der Waals surface area contributed by atoms with Crippen LogP contribution in [-0.4, -0.2) is 33.6 Å². The Morgan fingerprint density at radius 1 is 1.41 bits per heavy atom. The largest absolute Gasteiger partial charge is 0.502 e. The summed E-state index contributed by atoms with van der Waals surface area (Å²) < 4.78 is 0. The van der Waals surface area contributed by atoms with Gasteiger partial charge in [0, 0.05) is 6.07 Å². The molecule has 0 spiro atoms. The molecule has 0 aliphatic carbocycles. The van der Waals surface area contributed by atoms with E-state index in [-0.39, 0.29) is 5.56 Å². The molecule has 3 N–H and O–H groups in total. The lowest BCUT2D eigenvalue weighted by atomic mass is 10.1. The van der Waals surface area contributed by atoms with Crippen molar-refractivity contribution < 1.29 is 24.7 Å². The van der Waals surface area contributed by atoms with Crippen LogP contribution >= 0.6 is 0 Å². The van der Waals surface area contributed by atoms with Crippen molar-refractivity contribution in [3.63, 3.8) is 0 Å². The number of rotatable bonds is 4. The number of phenols is 1. The van der Waals surface area contributed by atoms with Crippen LogP contribution in [0, 0.1) is 10.1 Å². The van der Waals surface area contributed by atoms with E-state index in [1.54, 1.807) is 0 Å². The van der Waals surface area contributed by atoms with Crippen LogP contribution in [0.5, 0.6) is 5.75 Å². The molecule has 1 amide bonds. The molecule has 17 heavy (non-hydrogen) atoms. The third kappa shape index (κ3) is 2.91. The molecule has 8 nitrogen and oxygen atoms in total. The smallest absolute Gasteiger partial charge is 0.322 e. The SMILES string of the molecule is O=C(O)CNC(=O)c1cccc([N+](=O)[O-])c1O. The Balaban J connectivity index is 2.98. The molecule has 1 rings (SSSR count). The molecule has 0 aromatic heterocycles. The summed E-state index contributed by atoms with van der Waals surface area (Å²) in [6.07, 6.45) is 0. The lowest BCUT2D eigenvalue weighted by Gasteiger charge is -2.04. The number of nitro groups is 1. The van der Waals surface area contributed by atoms with Gasteiger partial charge >= 0.3 is 11.7 Å². The highest BCUT2D eigenvalue weighted by Gasteiger charge is 2.20. The van der Waals surface area contributed by atoms with Crippen molar-refractivity contribution in [1.29, 1.82) is 0 Å². The van der Waals surface area contributed by atoms with E-state index in [1.807, 2.05) is 5.32 Å². The van der Waals surface area contributed by atoms with E-state index >= 15 is 0 Å². The topological polar surface area (TPSA) is 130 Å². The zero-order valence-corrected chi connectivity index (χ0v) is 8.41. The molecule has 0 bridgehead atoms. The van der Waals surface area contributed by atoms with Crippen LogP contribution < -0.4 is 5.32 Å². The fourth-order valence-electron chi connectivity index (χ4n) is 1.11. The Morgan fingerprint density at radius 3 is 2.59 bits per heavy atom. The molecular weight excluding hydrogens is 232 g/mol. The van der Waals surface area contributed by atoms with E-state index in [1.165, 1.54) is 6.07 Å². The average Bonchev–Trinajstić information content (AvgIpc) is 2.25. The number of nitrogens with one attached hydrogen (secondary N) is 1. The van der Waals surface area contributed by atoms with Gasteiger partial charge in [-0.05, 0) is 6.07 Å². The van der Waals surface area contributed by atoms with Crippen LogP contribution in [0.3, 0.4) is 0 Å². The molecule has 0 saturated heterocycles. The number of hydrogen-bond acceptors (Lipinski definition) is 5. The second kappa shape index (κ2) is 4.92. The Hall–Kier alpha value is -2.64. The molecule has 0 saturated carbocycles. The van der Waals surface area contributed by atoms with Crippen LogP contribution in [0.2, 0.25) is 0 Å². The van der Waals surface area contributed by atoms with Crippen molar-refractivity contribution in [3.05, 3.63) is 33.9 Å². The number of phenolic OH excluding ortho intramolecular Hbond substituents is 1. The highest BCUT2D eigenvalue weighted by atomic mass is 16.6. The second-order valence-corrected chi connectivity index (χ2v) is 3.01. The molecular formula is C9H8N2O6. The van der Waals surface area contributed by atoms with Crippen LogP contribution in [0.1, 0.15) is 10.4 Å². The highest BCUT2D eigenvalue weighted by Crippen LogP contribution is 2.28. The Labute approximate surface area is 94.6 Å². The standard InChI is InChI=1S/C9H8N2O6/c12-7(13)4-10-9(15)5-2-1-3-6(8(5)14)11(16)17/h1-3,14H,4H2,(H,10,15)(H,12,13). The first-order valence-corrected chi connectivity index (χ1v) is 4.40. The number of carbonyl (C=O) groups is 2. The molecule has 0 heterocycles. The van der Waals surface area contributed by atoms with Crippen molar-refractivity contribution in [2.45, 2.75) is 0 Å². The summed E-state index contributed by atoms with van der Waals surface area (Å²) in [5, 5.41) is 30.2. The molecule has 0 unspecified atom stereocenters. The number of carbonyl (C=O) groups excluding carboxylic acids is 1. The predicted octanol–water partition coefficient (Wildman–Crippen LogP) is 0.115. The third-order valence-electron chi connectivity index (χ3n) is 1.86. The molecule has 8 heteroatoms. The molecule has 0 atom stereocenters. The van der Waals surface area contributed by atoms with Crippen molar-refractivity contribution in [2.24, 2.45) is 0 Å². The number of hydrogen-bond donors (Lipinski definition) is 3. The second-order valence-electron chi connectivity index (χ2n) is 3.01. The van der Waals surface area contributed by atoms with Gasteiger partial charge in [0.1, 0.15) is 6.54 Å². The van der Waals surface area contributed by atoms with E-state index in [2.05, 4.69) is 0 Å². The lowest BCUT2D eigenvalue weighted by Crippen LogP contribution is -2.29. The summed E-state index contributed by atoms with van der Waals surface area (Å²) >= 11 is 0. The fraction of sp³-hybridized carbons (Fsp3) is 0.111. The monoisotopic (exact) mass is 240 g/mol. The number of amides is 1. The van der Waals surface area contributed by atoms with E-state index in [0.29, 0.717) is 0 Å². The summed E-state index contributed by atoms with van der Waals surface area (Å²) in [6.45, 7) is -0.638. The van der Waals surface area contributed by atoms with Crippen LogP contribution in [0.25, 0.3) is 0 Å². The first-order valence-electron chi connectivity index (χ1n) is 4.40. The maximum Gasteiger partial charge on any atom is 0.322 e. The quantitative estimate of drug-likeness (QED) is 0.506. The minimum atomic E-state index is -1.26. The Kier molecular flexibility index (Phi) is 3.60. The van der Waals surface area contributed by atoms with Gasteiger partial charge in [0.25, 0.3) is 5.91 Å². The van der Waals surface area contributed by atoms with Gasteiger partial charge in [-0.15, -0.1) is 0 Å². The van der Waals surface area contributed by atoms with E-state index in [9.17, 15) is 24.8 Å². The minimum Gasteiger partial charge on any atom is -0.502 e. The Bertz CT molecular complexity index is 484. The van der Waals surface area contributed by atoms with Crippen LogP contribution in [0.4, 0.5) is 5.69 Å². The van der Waals surface area contributed by atoms with Crippen molar-refractivity contribution in [2.75, 3.05) is 6.54 Å². The van der Waals surface area contributed by atoms with E-state index in [0.717, 1.165) is 12.1 Å². The van der Waals surface area contributed by atoms with Crippen molar-refractivity contribution in [1.82, 2.24) is 5.32 Å². The van der Waals surface area contributed by atoms with Crippen LogP contribution in [-0.2, 0) is 4.79 Å². The first-order chi connectivity index (χ1) is 7.93. The molecule has 1 aromatic carbocycles. The van der Waals surface area contributed by atoms with Gasteiger partial charge in [0.15, 0.2) is 0 Å². The number of nitro benzene ring substituents is 1. The number of nitrogens with zero attached hydrogens (tertiary/aromatic N) is 1. The molecule has 1 aromatic rings. The van der Waals surface area contributed by atoms with Gasteiger partial charge in [-0.1, -0.05) is 6.07 Å². The number of aromatic hydroxyl groups is 1. The predicted molar refractivity (Wildman–Crippen MR) is 54.7 cm³/mol. The van der Waals surface area contributed by atoms with E-state index in [4.69, 9.17) is 5.11 Å². The van der Waals surface area contributed by atoms with Gasteiger partial charge in [-0.25, -0.2) is 0 Å². The number of para-hydroxylation sites is 1. The van der Waals surface area contributed by atoms with Crippen molar-refractivity contribution >= 4 is 17.6 Å². The van der Waals surface area contributed by atoms with Crippen molar-refractivity contribution in [3.8, 4) is 5.75 Å². The first kappa shape index (κ1) is 12.4. The molecule has 90 valence electrons. The molecule has 0 aliphatic rings. The zero-order chi connectivity index (χ0) is 13.0. The summed E-state index contributed by atoms with van der Waals surface area (Å²) in [4.78, 5) is 31.2. The summed E-state index contributed by atoms with van der Waals surface area (Å²) in [6, 6.07) is 3.40.